The van der Waals surface area contributed by atoms with Crippen LogP contribution < -0.4 is 4.72 Å². The van der Waals surface area contributed by atoms with Crippen molar-refractivity contribution in [1.82, 2.24) is 4.72 Å². The lowest BCUT2D eigenvalue weighted by Crippen LogP contribution is -2.38. The zero-order chi connectivity index (χ0) is 15.5. The number of thiophene rings is 1. The Morgan fingerprint density at radius 3 is 2.52 bits per heavy atom. The number of aliphatic hydroxyl groups excluding tert-OH is 1. The number of benzene rings is 1. The number of aliphatic hydroxyl groups is 1. The highest BCUT2D eigenvalue weighted by atomic mass is 35.5. The highest BCUT2D eigenvalue weighted by molar-refractivity contribution is 7.91. The van der Waals surface area contributed by atoms with Crippen LogP contribution in [0.25, 0.3) is 0 Å². The van der Waals surface area contributed by atoms with Gasteiger partial charge in [0, 0.05) is 6.04 Å². The molecule has 0 bridgehead atoms. The predicted molar refractivity (Wildman–Crippen MR) is 85.4 cm³/mol. The second-order valence-electron chi connectivity index (χ2n) is 4.71. The van der Waals surface area contributed by atoms with Gasteiger partial charge in [-0.2, -0.15) is 0 Å². The minimum absolute atomic E-state index is 0.163. The number of rotatable bonds is 6. The summed E-state index contributed by atoms with van der Waals surface area (Å²) in [5, 5.41) is 9.41. The van der Waals surface area contributed by atoms with Crippen LogP contribution >= 0.6 is 22.9 Å². The third kappa shape index (κ3) is 4.28. The van der Waals surface area contributed by atoms with Crippen LogP contribution in [0.2, 0.25) is 4.34 Å². The first kappa shape index (κ1) is 16.5. The van der Waals surface area contributed by atoms with E-state index in [4.69, 9.17) is 11.6 Å². The highest BCUT2D eigenvalue weighted by Crippen LogP contribution is 2.30. The molecule has 4 nitrogen and oxygen atoms in total. The van der Waals surface area contributed by atoms with Gasteiger partial charge in [0.05, 0.1) is 10.9 Å². The number of hydrogen-bond donors (Lipinski definition) is 2. The van der Waals surface area contributed by atoms with E-state index in [0.29, 0.717) is 10.8 Å². The first-order valence-corrected chi connectivity index (χ1v) is 9.03. The van der Waals surface area contributed by atoms with Crippen molar-refractivity contribution in [3.8, 4) is 0 Å². The third-order valence-corrected chi connectivity index (χ3v) is 6.52. The summed E-state index contributed by atoms with van der Waals surface area (Å²) < 4.78 is 27.7. The molecule has 0 fully saturated rings. The van der Waals surface area contributed by atoms with E-state index in [1.54, 1.807) is 6.92 Å². The van der Waals surface area contributed by atoms with E-state index in [-0.39, 0.29) is 10.8 Å². The summed E-state index contributed by atoms with van der Waals surface area (Å²) in [4.78, 5) is 0. The van der Waals surface area contributed by atoms with E-state index in [2.05, 4.69) is 4.72 Å². The summed E-state index contributed by atoms with van der Waals surface area (Å²) in [5.41, 5.74) is 1.69. The number of halogens is 1. The SMILES string of the molecule is Cc1cc(S(=O)(=O)NC(CO)Cc2ccccc2)sc1Cl. The molecule has 0 saturated heterocycles. The van der Waals surface area contributed by atoms with Gasteiger partial charge in [-0.15, -0.1) is 11.3 Å². The van der Waals surface area contributed by atoms with Gasteiger partial charge in [-0.3, -0.25) is 0 Å². The summed E-state index contributed by atoms with van der Waals surface area (Å²) in [5.74, 6) is 0. The number of sulfonamides is 1. The fourth-order valence-corrected chi connectivity index (χ4v) is 4.84. The summed E-state index contributed by atoms with van der Waals surface area (Å²) in [6, 6.07) is 10.4. The van der Waals surface area contributed by atoms with Gasteiger partial charge in [-0.25, -0.2) is 13.1 Å². The van der Waals surface area contributed by atoms with Gasteiger partial charge in [0.25, 0.3) is 0 Å². The Morgan fingerprint density at radius 1 is 1.33 bits per heavy atom. The normalized spacial score (nSPS) is 13.3. The standard InChI is InChI=1S/C14H16ClNO3S2/c1-10-7-13(20-14(10)15)21(18,19)16-12(9-17)8-11-5-3-2-4-6-11/h2-7,12,16-17H,8-9H2,1H3. The Labute approximate surface area is 133 Å². The van der Waals surface area contributed by atoms with Crippen molar-refractivity contribution in [1.29, 1.82) is 0 Å². The maximum Gasteiger partial charge on any atom is 0.250 e. The molecule has 114 valence electrons. The van der Waals surface area contributed by atoms with Crippen LogP contribution in [-0.2, 0) is 16.4 Å². The summed E-state index contributed by atoms with van der Waals surface area (Å²) >= 11 is 6.93. The molecule has 0 aliphatic carbocycles. The van der Waals surface area contributed by atoms with Gasteiger partial charge in [-0.05, 0) is 30.5 Å². The third-order valence-electron chi connectivity index (χ3n) is 2.97. The quantitative estimate of drug-likeness (QED) is 0.845. The Kier molecular flexibility index (Phi) is 5.40. The van der Waals surface area contributed by atoms with Crippen molar-refractivity contribution in [2.75, 3.05) is 6.61 Å². The van der Waals surface area contributed by atoms with E-state index in [0.717, 1.165) is 22.5 Å². The molecule has 1 unspecified atom stereocenters. The monoisotopic (exact) mass is 345 g/mol. The molecule has 1 heterocycles. The van der Waals surface area contributed by atoms with E-state index < -0.39 is 16.1 Å². The maximum absolute atomic E-state index is 12.3. The van der Waals surface area contributed by atoms with E-state index in [1.165, 1.54) is 6.07 Å². The molecule has 0 aliphatic heterocycles. The molecular formula is C14H16ClNO3S2. The zero-order valence-corrected chi connectivity index (χ0v) is 13.8. The van der Waals surface area contributed by atoms with E-state index in [1.807, 2.05) is 30.3 Å². The second kappa shape index (κ2) is 6.89. The predicted octanol–water partition coefficient (Wildman–Crippen LogP) is 2.59. The molecule has 0 aliphatic rings. The van der Waals surface area contributed by atoms with Crippen LogP contribution in [0.1, 0.15) is 11.1 Å². The fourth-order valence-electron chi connectivity index (χ4n) is 1.88. The lowest BCUT2D eigenvalue weighted by molar-refractivity contribution is 0.256. The van der Waals surface area contributed by atoms with Crippen molar-refractivity contribution in [2.24, 2.45) is 0 Å². The van der Waals surface area contributed by atoms with Gasteiger partial charge >= 0.3 is 0 Å². The smallest absolute Gasteiger partial charge is 0.250 e. The summed E-state index contributed by atoms with van der Waals surface area (Å²) in [6.45, 7) is 1.48. The molecule has 1 aromatic carbocycles. The summed E-state index contributed by atoms with van der Waals surface area (Å²) in [7, 11) is -3.67. The van der Waals surface area contributed by atoms with Gasteiger partial charge < -0.3 is 5.11 Å². The van der Waals surface area contributed by atoms with Crippen molar-refractivity contribution < 1.29 is 13.5 Å². The Hall–Kier alpha value is -0.920. The van der Waals surface area contributed by atoms with Crippen LogP contribution in [0.4, 0.5) is 0 Å². The molecule has 0 saturated carbocycles. The number of nitrogens with one attached hydrogen (secondary N) is 1. The van der Waals surface area contributed by atoms with Crippen molar-refractivity contribution in [3.63, 3.8) is 0 Å². The molecule has 0 amide bonds. The largest absolute Gasteiger partial charge is 0.395 e. The van der Waals surface area contributed by atoms with Crippen molar-refractivity contribution in [2.45, 2.75) is 23.6 Å². The van der Waals surface area contributed by atoms with Gasteiger partial charge in [-0.1, -0.05) is 41.9 Å². The topological polar surface area (TPSA) is 66.4 Å². The van der Waals surface area contributed by atoms with Gasteiger partial charge in [0.1, 0.15) is 4.21 Å². The van der Waals surface area contributed by atoms with Crippen LogP contribution in [0.3, 0.4) is 0 Å². The van der Waals surface area contributed by atoms with Crippen LogP contribution in [0.5, 0.6) is 0 Å². The maximum atomic E-state index is 12.3. The summed E-state index contributed by atoms with van der Waals surface area (Å²) in [6.07, 6.45) is 0.425. The Bertz CT molecular complexity index is 679. The van der Waals surface area contributed by atoms with Crippen LogP contribution in [0.15, 0.2) is 40.6 Å². The molecule has 0 radical (unpaired) electrons. The first-order chi connectivity index (χ1) is 9.92. The average Bonchev–Trinajstić information content (AvgIpc) is 2.80. The number of hydrogen-bond acceptors (Lipinski definition) is 4. The van der Waals surface area contributed by atoms with Crippen molar-refractivity contribution in [3.05, 3.63) is 51.9 Å². The molecule has 2 rings (SSSR count). The zero-order valence-electron chi connectivity index (χ0n) is 11.4. The minimum atomic E-state index is -3.67. The van der Waals surface area contributed by atoms with Crippen LogP contribution in [0, 0.1) is 6.92 Å². The highest BCUT2D eigenvalue weighted by Gasteiger charge is 2.22. The Morgan fingerprint density at radius 2 is 2.00 bits per heavy atom. The molecule has 1 atom stereocenters. The molecule has 2 aromatic rings. The molecular weight excluding hydrogens is 330 g/mol. The van der Waals surface area contributed by atoms with Crippen LogP contribution in [-0.4, -0.2) is 26.2 Å². The molecule has 2 N–H and O–H groups in total. The lowest BCUT2D eigenvalue weighted by Gasteiger charge is -2.15. The first-order valence-electron chi connectivity index (χ1n) is 6.35. The molecule has 7 heteroatoms. The van der Waals surface area contributed by atoms with Gasteiger partial charge in [0.15, 0.2) is 0 Å². The minimum Gasteiger partial charge on any atom is -0.395 e. The fraction of sp³-hybridized carbons (Fsp3) is 0.286. The van der Waals surface area contributed by atoms with E-state index in [9.17, 15) is 13.5 Å². The average molecular weight is 346 g/mol. The lowest BCUT2D eigenvalue weighted by atomic mass is 10.1. The van der Waals surface area contributed by atoms with E-state index >= 15 is 0 Å². The molecule has 21 heavy (non-hydrogen) atoms. The second-order valence-corrected chi connectivity index (χ2v) is 8.31. The molecule has 0 spiro atoms. The van der Waals surface area contributed by atoms with Gasteiger partial charge in [0.2, 0.25) is 10.0 Å². The molecule has 1 aromatic heterocycles. The van der Waals surface area contributed by atoms with Crippen molar-refractivity contribution >= 4 is 33.0 Å². The number of aryl methyl sites for hydroxylation is 1. The Balaban J connectivity index is 2.14.